The summed E-state index contributed by atoms with van der Waals surface area (Å²) in [6.45, 7) is 9.63. The summed E-state index contributed by atoms with van der Waals surface area (Å²) < 4.78 is 0. The first-order chi connectivity index (χ1) is 6.11. The van der Waals surface area contributed by atoms with Crippen LogP contribution in [-0.4, -0.2) is 23.9 Å². The molecular weight excluding hydrogens is 283 g/mol. The summed E-state index contributed by atoms with van der Waals surface area (Å²) >= 11 is 4.25. The molecule has 0 spiro atoms. The van der Waals surface area contributed by atoms with E-state index in [9.17, 15) is 4.79 Å². The maximum absolute atomic E-state index is 11.3. The van der Waals surface area contributed by atoms with E-state index in [4.69, 9.17) is 0 Å². The monoisotopic (exact) mass is 299 g/mol. The van der Waals surface area contributed by atoms with Crippen LogP contribution in [-0.2, 0) is 21.1 Å². The quantitative estimate of drug-likeness (QED) is 0.577. The SMILES string of the molecule is CCN(CC)C(=O)[CH-]C(C)C.[Zn+][Br]. The van der Waals surface area contributed by atoms with Gasteiger partial charge in [-0.3, -0.25) is 0 Å². The topological polar surface area (TPSA) is 20.3 Å². The van der Waals surface area contributed by atoms with Crippen molar-refractivity contribution in [3.63, 3.8) is 0 Å². The predicted octanol–water partition coefficient (Wildman–Crippen LogP) is 2.56. The Labute approximate surface area is 98.5 Å². The average molecular weight is 302 g/mol. The van der Waals surface area contributed by atoms with Crippen LogP contribution in [0.4, 0.5) is 0 Å². The fourth-order valence-corrected chi connectivity index (χ4v) is 0.926. The standard InChI is InChI=1S/C9H18NO.BrH.Zn/c1-5-10(6-2)9(11)7-8(3)4;;/h7-8H,5-6H2,1-4H3;1H;/q-1;;+2/p-1. The van der Waals surface area contributed by atoms with Gasteiger partial charge in [-0.2, -0.15) is 5.92 Å². The molecule has 2 nitrogen and oxygen atoms in total. The Morgan fingerprint density at radius 2 is 1.77 bits per heavy atom. The van der Waals surface area contributed by atoms with Crippen LogP contribution < -0.4 is 0 Å². The molecule has 0 atom stereocenters. The van der Waals surface area contributed by atoms with E-state index < -0.39 is 0 Å². The second-order valence-corrected chi connectivity index (χ2v) is 2.92. The number of rotatable bonds is 4. The van der Waals surface area contributed by atoms with Crippen LogP contribution in [0, 0.1) is 12.3 Å². The van der Waals surface area contributed by atoms with Crippen molar-refractivity contribution in [1.29, 1.82) is 0 Å². The molecule has 74 valence electrons. The van der Waals surface area contributed by atoms with Gasteiger partial charge in [0.2, 0.25) is 0 Å². The number of carbonyl (C=O) groups is 1. The van der Waals surface area contributed by atoms with Crippen molar-refractivity contribution in [3.8, 4) is 0 Å². The van der Waals surface area contributed by atoms with Gasteiger partial charge in [-0.25, -0.2) is 0 Å². The predicted molar refractivity (Wildman–Crippen MR) is 56.0 cm³/mol. The molecule has 0 saturated carbocycles. The number of hydrogen-bond acceptors (Lipinski definition) is 1. The molecule has 0 N–H and O–H groups in total. The van der Waals surface area contributed by atoms with Crippen molar-refractivity contribution in [2.75, 3.05) is 13.1 Å². The van der Waals surface area contributed by atoms with E-state index in [-0.39, 0.29) is 5.91 Å². The van der Waals surface area contributed by atoms with E-state index >= 15 is 0 Å². The maximum atomic E-state index is 11.3. The van der Waals surface area contributed by atoms with Crippen LogP contribution in [0.2, 0.25) is 0 Å². The molecule has 0 unspecified atom stereocenters. The fraction of sp³-hybridized carbons (Fsp3) is 0.778. The van der Waals surface area contributed by atoms with E-state index in [1.54, 1.807) is 6.42 Å². The Balaban J connectivity index is 0. The number of carbonyl (C=O) groups excluding carboxylic acids is 1. The molecule has 4 heteroatoms. The van der Waals surface area contributed by atoms with Crippen molar-refractivity contribution in [1.82, 2.24) is 4.90 Å². The van der Waals surface area contributed by atoms with Crippen molar-refractivity contribution >= 4 is 19.5 Å². The Hall–Kier alpha value is 0.443. The summed E-state index contributed by atoms with van der Waals surface area (Å²) in [6.07, 6.45) is 1.76. The van der Waals surface area contributed by atoms with Gasteiger partial charge < -0.3 is 16.1 Å². The van der Waals surface area contributed by atoms with Crippen LogP contribution in [0.3, 0.4) is 0 Å². The summed E-state index contributed by atoms with van der Waals surface area (Å²) in [5, 5.41) is 0. The van der Waals surface area contributed by atoms with Gasteiger partial charge in [0.05, 0.1) is 5.91 Å². The minimum absolute atomic E-state index is 0.157. The molecule has 0 bridgehead atoms. The molecular formula is C9H18BrNOZn. The molecule has 0 aliphatic heterocycles. The summed E-state index contributed by atoms with van der Waals surface area (Å²) in [4.78, 5) is 13.1. The molecule has 0 aliphatic rings. The minimum atomic E-state index is 0.157. The van der Waals surface area contributed by atoms with E-state index in [0.29, 0.717) is 5.92 Å². The van der Waals surface area contributed by atoms with Gasteiger partial charge >= 0.3 is 30.0 Å². The first-order valence-electron chi connectivity index (χ1n) is 4.52. The molecule has 0 fully saturated rings. The third-order valence-electron chi connectivity index (χ3n) is 1.55. The molecule has 1 amide bonds. The number of amides is 1. The van der Waals surface area contributed by atoms with Crippen LogP contribution in [0.5, 0.6) is 0 Å². The molecule has 0 rings (SSSR count). The van der Waals surface area contributed by atoms with Crippen molar-refractivity contribution in [2.45, 2.75) is 27.7 Å². The van der Waals surface area contributed by atoms with E-state index in [1.807, 2.05) is 32.6 Å². The zero-order valence-corrected chi connectivity index (χ0v) is 13.6. The summed E-state index contributed by atoms with van der Waals surface area (Å²) in [7, 11) is 0. The van der Waals surface area contributed by atoms with Crippen LogP contribution >= 0.6 is 13.6 Å². The molecule has 0 aromatic heterocycles. The fourth-order valence-electron chi connectivity index (χ4n) is 0.926. The number of nitrogens with zero attached hydrogens (tertiary/aromatic N) is 1. The second kappa shape index (κ2) is 10.5. The third kappa shape index (κ3) is 8.76. The Bertz CT molecular complexity index is 127. The normalized spacial score (nSPS) is 8.92. The summed E-state index contributed by atoms with van der Waals surface area (Å²) in [6, 6.07) is 0. The summed E-state index contributed by atoms with van der Waals surface area (Å²) in [5.41, 5.74) is 0. The second-order valence-electron chi connectivity index (χ2n) is 2.92. The Kier molecular flexibility index (Phi) is 12.9. The Morgan fingerprint density at radius 1 is 1.38 bits per heavy atom. The van der Waals surface area contributed by atoms with Crippen molar-refractivity contribution < 1.29 is 21.1 Å². The molecule has 0 aromatic carbocycles. The van der Waals surface area contributed by atoms with Gasteiger partial charge in [0.25, 0.3) is 0 Å². The number of halogens is 1. The third-order valence-corrected chi connectivity index (χ3v) is 1.55. The van der Waals surface area contributed by atoms with E-state index in [1.165, 1.54) is 16.3 Å². The van der Waals surface area contributed by atoms with Gasteiger partial charge in [0.1, 0.15) is 0 Å². The van der Waals surface area contributed by atoms with Gasteiger partial charge in [0.15, 0.2) is 0 Å². The van der Waals surface area contributed by atoms with Crippen LogP contribution in [0.25, 0.3) is 0 Å². The van der Waals surface area contributed by atoms with E-state index in [2.05, 4.69) is 13.6 Å². The van der Waals surface area contributed by atoms with Crippen molar-refractivity contribution in [3.05, 3.63) is 6.42 Å². The molecule has 13 heavy (non-hydrogen) atoms. The van der Waals surface area contributed by atoms with E-state index in [0.717, 1.165) is 13.1 Å². The van der Waals surface area contributed by atoms with Gasteiger partial charge in [-0.1, -0.05) is 13.8 Å². The molecule has 0 aliphatic carbocycles. The van der Waals surface area contributed by atoms with Gasteiger partial charge in [0, 0.05) is 13.1 Å². The zero-order chi connectivity index (χ0) is 10.9. The van der Waals surface area contributed by atoms with Crippen LogP contribution in [0.15, 0.2) is 0 Å². The number of hydrogen-bond donors (Lipinski definition) is 0. The molecule has 0 aromatic rings. The molecule has 0 heterocycles. The average Bonchev–Trinajstić information content (AvgIpc) is 2.08. The van der Waals surface area contributed by atoms with Crippen LogP contribution in [0.1, 0.15) is 27.7 Å². The first kappa shape index (κ1) is 15.9. The zero-order valence-electron chi connectivity index (χ0n) is 9.01. The molecule has 0 saturated heterocycles. The molecule has 0 radical (unpaired) electrons. The first-order valence-corrected chi connectivity index (χ1v) is 11.5. The van der Waals surface area contributed by atoms with Gasteiger partial charge in [-0.05, 0) is 13.8 Å². The van der Waals surface area contributed by atoms with Gasteiger partial charge in [-0.15, -0.1) is 0 Å². The Morgan fingerprint density at radius 3 is 2.00 bits per heavy atom. The summed E-state index contributed by atoms with van der Waals surface area (Å²) in [5.74, 6) is 0.508. The van der Waals surface area contributed by atoms with Crippen molar-refractivity contribution in [2.24, 2.45) is 5.92 Å².